The molecule has 6 nitrogen and oxygen atoms in total. The Bertz CT molecular complexity index is 544. The second-order valence-corrected chi connectivity index (χ2v) is 6.61. The molecule has 0 bridgehead atoms. The Morgan fingerprint density at radius 3 is 2.62 bits per heavy atom. The van der Waals surface area contributed by atoms with Gasteiger partial charge < -0.3 is 14.2 Å². The van der Waals surface area contributed by atoms with E-state index in [1.165, 1.54) is 0 Å². The van der Waals surface area contributed by atoms with Gasteiger partial charge in [-0.1, -0.05) is 5.16 Å². The minimum atomic E-state index is -0.0899. The minimum Gasteiger partial charge on any atom is -0.362 e. The van der Waals surface area contributed by atoms with Gasteiger partial charge in [0.15, 0.2) is 5.82 Å². The molecule has 3 heterocycles. The summed E-state index contributed by atoms with van der Waals surface area (Å²) in [5.41, 5.74) is -0.0899. The molecular weight excluding hydrogens is 270 g/mol. The smallest absolute Gasteiger partial charge is 0.255 e. The van der Waals surface area contributed by atoms with Crippen LogP contribution < -0.4 is 0 Å². The molecular formula is C15H21N3O3. The molecule has 6 heteroatoms. The molecule has 1 unspecified atom stereocenters. The number of ether oxygens (including phenoxy) is 1. The molecule has 0 N–H and O–H groups in total. The van der Waals surface area contributed by atoms with Gasteiger partial charge >= 0.3 is 0 Å². The number of aromatic nitrogens is 2. The summed E-state index contributed by atoms with van der Waals surface area (Å²) in [4.78, 5) is 18.4. The summed E-state index contributed by atoms with van der Waals surface area (Å²) in [7, 11) is 0. The molecule has 1 spiro atoms. The molecule has 1 saturated carbocycles. The fraction of sp³-hybridized carbons (Fsp3) is 0.800. The van der Waals surface area contributed by atoms with Gasteiger partial charge in [0.25, 0.3) is 5.89 Å². The maximum atomic E-state index is 12.1. The summed E-state index contributed by atoms with van der Waals surface area (Å²) in [6.45, 7) is 3.47. The highest BCUT2D eigenvalue weighted by molar-refractivity contribution is 5.81. The van der Waals surface area contributed by atoms with Crippen LogP contribution in [0.15, 0.2) is 4.52 Å². The lowest BCUT2D eigenvalue weighted by molar-refractivity contribution is -0.139. The second-order valence-electron chi connectivity index (χ2n) is 6.61. The maximum Gasteiger partial charge on any atom is 0.255 e. The van der Waals surface area contributed by atoms with Gasteiger partial charge in [-0.25, -0.2) is 0 Å². The molecule has 1 aliphatic carbocycles. The van der Waals surface area contributed by atoms with E-state index in [2.05, 4.69) is 10.1 Å². The number of nitrogens with zero attached hydrogens (tertiary/aromatic N) is 3. The molecule has 21 heavy (non-hydrogen) atoms. The van der Waals surface area contributed by atoms with E-state index >= 15 is 0 Å². The van der Waals surface area contributed by atoms with Crippen LogP contribution in [0.2, 0.25) is 0 Å². The van der Waals surface area contributed by atoms with Crippen molar-refractivity contribution >= 4 is 5.91 Å². The van der Waals surface area contributed by atoms with Gasteiger partial charge in [-0.2, -0.15) is 4.98 Å². The standard InChI is InChI=1S/C15H21N3O3/c1-10-16-13(21-17-10)12-4-5-15(20-12)6-8-18(9-7-15)14(19)11-2-3-11/h11-12H,2-9H2,1H3. The average molecular weight is 291 g/mol. The van der Waals surface area contributed by atoms with Gasteiger partial charge in [0.1, 0.15) is 6.10 Å². The predicted molar refractivity (Wildman–Crippen MR) is 73.4 cm³/mol. The molecule has 1 amide bonds. The van der Waals surface area contributed by atoms with Crippen LogP contribution in [-0.2, 0) is 9.53 Å². The van der Waals surface area contributed by atoms with Gasteiger partial charge in [0.2, 0.25) is 5.91 Å². The van der Waals surface area contributed by atoms with Crippen LogP contribution >= 0.6 is 0 Å². The van der Waals surface area contributed by atoms with E-state index in [-0.39, 0.29) is 11.7 Å². The number of hydrogen-bond acceptors (Lipinski definition) is 5. The highest BCUT2D eigenvalue weighted by atomic mass is 16.5. The molecule has 1 atom stereocenters. The number of amides is 1. The molecule has 0 aromatic carbocycles. The van der Waals surface area contributed by atoms with Gasteiger partial charge in [0.05, 0.1) is 5.60 Å². The summed E-state index contributed by atoms with van der Waals surface area (Å²) in [6, 6.07) is 0. The molecule has 3 aliphatic rings. The van der Waals surface area contributed by atoms with Gasteiger partial charge in [-0.15, -0.1) is 0 Å². The van der Waals surface area contributed by atoms with Gasteiger partial charge in [-0.05, 0) is 45.4 Å². The lowest BCUT2D eigenvalue weighted by atomic mass is 9.88. The quantitative estimate of drug-likeness (QED) is 0.833. The topological polar surface area (TPSA) is 68.5 Å². The summed E-state index contributed by atoms with van der Waals surface area (Å²) < 4.78 is 11.5. The molecule has 0 radical (unpaired) electrons. The van der Waals surface area contributed by atoms with Crippen molar-refractivity contribution in [1.29, 1.82) is 0 Å². The predicted octanol–water partition coefficient (Wildman–Crippen LogP) is 2.00. The van der Waals surface area contributed by atoms with Crippen molar-refractivity contribution in [3.63, 3.8) is 0 Å². The van der Waals surface area contributed by atoms with Crippen molar-refractivity contribution in [2.24, 2.45) is 5.92 Å². The number of hydrogen-bond donors (Lipinski definition) is 0. The van der Waals surface area contributed by atoms with E-state index in [4.69, 9.17) is 9.26 Å². The third kappa shape index (κ3) is 2.46. The molecule has 2 saturated heterocycles. The van der Waals surface area contributed by atoms with Crippen LogP contribution in [0, 0.1) is 12.8 Å². The summed E-state index contributed by atoms with van der Waals surface area (Å²) in [5, 5.41) is 3.84. The van der Waals surface area contributed by atoms with Crippen LogP contribution in [0.5, 0.6) is 0 Å². The van der Waals surface area contributed by atoms with Crippen molar-refractivity contribution in [2.45, 2.75) is 57.2 Å². The first-order valence-corrected chi connectivity index (χ1v) is 7.92. The Labute approximate surface area is 123 Å². The van der Waals surface area contributed by atoms with E-state index < -0.39 is 0 Å². The average Bonchev–Trinajstić information content (AvgIpc) is 3.14. The molecule has 114 valence electrons. The number of likely N-dealkylation sites (tertiary alicyclic amines) is 1. The highest BCUT2D eigenvalue weighted by Crippen LogP contribution is 2.45. The summed E-state index contributed by atoms with van der Waals surface area (Å²) in [6.07, 6.45) is 5.88. The zero-order valence-electron chi connectivity index (χ0n) is 12.4. The summed E-state index contributed by atoms with van der Waals surface area (Å²) >= 11 is 0. The van der Waals surface area contributed by atoms with Gasteiger partial charge in [-0.3, -0.25) is 4.79 Å². The molecule has 1 aromatic rings. The van der Waals surface area contributed by atoms with Crippen LogP contribution in [0.3, 0.4) is 0 Å². The Hall–Kier alpha value is -1.43. The third-order valence-corrected chi connectivity index (χ3v) is 4.99. The van der Waals surface area contributed by atoms with E-state index in [0.717, 1.165) is 51.6 Å². The number of carbonyl (C=O) groups is 1. The van der Waals surface area contributed by atoms with Gasteiger partial charge in [0, 0.05) is 19.0 Å². The first kappa shape index (κ1) is 13.2. The number of piperidine rings is 1. The van der Waals surface area contributed by atoms with Crippen molar-refractivity contribution in [1.82, 2.24) is 15.0 Å². The zero-order valence-corrected chi connectivity index (χ0v) is 12.4. The van der Waals surface area contributed by atoms with Crippen molar-refractivity contribution in [3.8, 4) is 0 Å². The Kier molecular flexibility index (Phi) is 3.03. The first-order chi connectivity index (χ1) is 10.2. The van der Waals surface area contributed by atoms with Crippen LogP contribution in [0.1, 0.15) is 56.3 Å². The minimum absolute atomic E-state index is 0.0723. The largest absolute Gasteiger partial charge is 0.362 e. The Balaban J connectivity index is 1.38. The fourth-order valence-electron chi connectivity index (χ4n) is 3.52. The van der Waals surface area contributed by atoms with E-state index in [0.29, 0.717) is 23.5 Å². The molecule has 2 aliphatic heterocycles. The molecule has 3 fully saturated rings. The number of aryl methyl sites for hydroxylation is 1. The van der Waals surface area contributed by atoms with Crippen LogP contribution in [0.4, 0.5) is 0 Å². The fourth-order valence-corrected chi connectivity index (χ4v) is 3.52. The van der Waals surface area contributed by atoms with E-state index in [9.17, 15) is 4.79 Å². The number of carbonyl (C=O) groups excluding carboxylic acids is 1. The third-order valence-electron chi connectivity index (χ3n) is 4.99. The van der Waals surface area contributed by atoms with Crippen molar-refractivity contribution in [3.05, 3.63) is 11.7 Å². The second kappa shape index (κ2) is 4.80. The van der Waals surface area contributed by atoms with Crippen molar-refractivity contribution < 1.29 is 14.1 Å². The maximum absolute atomic E-state index is 12.1. The Morgan fingerprint density at radius 1 is 1.24 bits per heavy atom. The SMILES string of the molecule is Cc1noc(C2CCC3(CCN(C(=O)C4CC4)CC3)O2)n1. The van der Waals surface area contributed by atoms with E-state index in [1.54, 1.807) is 0 Å². The summed E-state index contributed by atoms with van der Waals surface area (Å²) in [5.74, 6) is 1.92. The lowest BCUT2D eigenvalue weighted by Crippen LogP contribution is -2.46. The molecule has 1 aromatic heterocycles. The van der Waals surface area contributed by atoms with Crippen LogP contribution in [0.25, 0.3) is 0 Å². The van der Waals surface area contributed by atoms with E-state index in [1.807, 2.05) is 11.8 Å². The molecule has 4 rings (SSSR count). The Morgan fingerprint density at radius 2 is 2.00 bits per heavy atom. The lowest BCUT2D eigenvalue weighted by Gasteiger charge is -2.39. The zero-order chi connectivity index (χ0) is 14.4. The van der Waals surface area contributed by atoms with Crippen LogP contribution in [-0.4, -0.2) is 39.6 Å². The van der Waals surface area contributed by atoms with Crippen molar-refractivity contribution in [2.75, 3.05) is 13.1 Å². The monoisotopic (exact) mass is 291 g/mol. The highest BCUT2D eigenvalue weighted by Gasteiger charge is 2.46. The number of rotatable bonds is 2. The normalized spacial score (nSPS) is 28.2. The first-order valence-electron chi connectivity index (χ1n) is 7.92.